The monoisotopic (exact) mass is 249 g/mol. The lowest BCUT2D eigenvalue weighted by Crippen LogP contribution is -2.34. The fourth-order valence-electron chi connectivity index (χ4n) is 2.92. The van der Waals surface area contributed by atoms with Crippen molar-refractivity contribution in [2.24, 2.45) is 11.8 Å². The summed E-state index contributed by atoms with van der Waals surface area (Å²) in [6, 6.07) is 0.595. The molecule has 0 spiro atoms. The Balaban J connectivity index is 1.93. The van der Waals surface area contributed by atoms with E-state index < -0.39 is 0 Å². The minimum absolute atomic E-state index is 0.423. The van der Waals surface area contributed by atoms with E-state index in [1.165, 1.54) is 19.3 Å². The second-order valence-electron chi connectivity index (χ2n) is 5.28. The second kappa shape index (κ2) is 4.24. The number of nitrogens with zero attached hydrogens (tertiary/aromatic N) is 5. The van der Waals surface area contributed by atoms with Crippen molar-refractivity contribution in [1.29, 1.82) is 0 Å². The average molecular weight is 249 g/mol. The molecule has 7 nitrogen and oxygen atoms in total. The molecule has 1 aliphatic carbocycles. The van der Waals surface area contributed by atoms with E-state index in [9.17, 15) is 0 Å². The van der Waals surface area contributed by atoms with E-state index in [1.54, 1.807) is 0 Å². The Morgan fingerprint density at radius 2 is 2.11 bits per heavy atom. The summed E-state index contributed by atoms with van der Waals surface area (Å²) in [5, 5.41) is 0. The van der Waals surface area contributed by atoms with Crippen LogP contribution in [0.1, 0.15) is 19.3 Å². The van der Waals surface area contributed by atoms with E-state index in [-0.39, 0.29) is 0 Å². The number of hydrogen-bond donors (Lipinski definition) is 2. The Hall–Kier alpha value is -1.63. The van der Waals surface area contributed by atoms with E-state index in [0.29, 0.717) is 17.9 Å². The summed E-state index contributed by atoms with van der Waals surface area (Å²) in [4.78, 5) is 17.3. The van der Waals surface area contributed by atoms with Crippen LogP contribution < -0.4 is 21.1 Å². The van der Waals surface area contributed by atoms with Gasteiger partial charge in [-0.3, -0.25) is 5.43 Å². The van der Waals surface area contributed by atoms with Crippen molar-refractivity contribution >= 4 is 17.8 Å². The first kappa shape index (κ1) is 11.5. The van der Waals surface area contributed by atoms with Gasteiger partial charge in [0.05, 0.1) is 0 Å². The van der Waals surface area contributed by atoms with Gasteiger partial charge in [-0.25, -0.2) is 5.84 Å². The highest BCUT2D eigenvalue weighted by molar-refractivity contribution is 5.46. The standard InChI is InChI=1S/C11H19N7/c1-17(2)10-13-9(16-12)14-11(15-10)18-6-7-3-4-8(18)5-7/h7-8H,3-6,12H2,1-2H3,(H,13,14,15,16). The molecule has 1 saturated heterocycles. The number of nitrogens with two attached hydrogens (primary N) is 1. The van der Waals surface area contributed by atoms with Crippen LogP contribution in [0.25, 0.3) is 0 Å². The lowest BCUT2D eigenvalue weighted by Gasteiger charge is -2.27. The molecule has 0 radical (unpaired) electrons. The van der Waals surface area contributed by atoms with Crippen LogP contribution in [0.4, 0.5) is 17.8 Å². The molecular weight excluding hydrogens is 230 g/mol. The molecule has 2 atom stereocenters. The SMILES string of the molecule is CN(C)c1nc(NN)nc(N2CC3CCC2C3)n1. The molecule has 2 unspecified atom stereocenters. The highest BCUT2D eigenvalue weighted by Crippen LogP contribution is 2.39. The first-order valence-corrected chi connectivity index (χ1v) is 6.34. The lowest BCUT2D eigenvalue weighted by molar-refractivity contribution is 0.546. The Kier molecular flexibility index (Phi) is 2.70. The molecule has 3 N–H and O–H groups in total. The van der Waals surface area contributed by atoms with Gasteiger partial charge < -0.3 is 9.80 Å². The zero-order chi connectivity index (χ0) is 12.7. The molecule has 1 saturated carbocycles. The first-order valence-electron chi connectivity index (χ1n) is 6.34. The summed E-state index contributed by atoms with van der Waals surface area (Å²) in [5.41, 5.74) is 2.51. The van der Waals surface area contributed by atoms with Gasteiger partial charge in [-0.15, -0.1) is 0 Å². The lowest BCUT2D eigenvalue weighted by atomic mass is 10.1. The molecule has 0 amide bonds. The van der Waals surface area contributed by atoms with Crippen LogP contribution in [0.5, 0.6) is 0 Å². The number of hydrazine groups is 1. The summed E-state index contributed by atoms with van der Waals surface area (Å²) in [6.45, 7) is 1.06. The van der Waals surface area contributed by atoms with Crippen LogP contribution >= 0.6 is 0 Å². The number of nitrogen functional groups attached to an aromatic ring is 1. The number of rotatable bonds is 3. The molecule has 2 fully saturated rings. The minimum Gasteiger partial charge on any atom is -0.347 e. The maximum Gasteiger partial charge on any atom is 0.243 e. The van der Waals surface area contributed by atoms with Crippen LogP contribution in [0.15, 0.2) is 0 Å². The molecule has 18 heavy (non-hydrogen) atoms. The van der Waals surface area contributed by atoms with Crippen molar-refractivity contribution in [3.8, 4) is 0 Å². The zero-order valence-electron chi connectivity index (χ0n) is 10.8. The summed E-state index contributed by atoms with van der Waals surface area (Å²) < 4.78 is 0. The minimum atomic E-state index is 0.423. The highest BCUT2D eigenvalue weighted by Gasteiger charge is 2.39. The number of hydrogen-bond acceptors (Lipinski definition) is 7. The summed E-state index contributed by atoms with van der Waals surface area (Å²) in [6.07, 6.45) is 3.86. The fraction of sp³-hybridized carbons (Fsp3) is 0.727. The van der Waals surface area contributed by atoms with Crippen LogP contribution in [-0.4, -0.2) is 41.6 Å². The van der Waals surface area contributed by atoms with Gasteiger partial charge in [0.1, 0.15) is 0 Å². The molecule has 0 aromatic carbocycles. The molecule has 1 aromatic rings. The van der Waals surface area contributed by atoms with E-state index in [4.69, 9.17) is 5.84 Å². The van der Waals surface area contributed by atoms with Gasteiger partial charge in [0, 0.05) is 26.7 Å². The highest BCUT2D eigenvalue weighted by atomic mass is 15.4. The summed E-state index contributed by atoms with van der Waals surface area (Å²) in [5.74, 6) is 8.03. The third kappa shape index (κ3) is 1.84. The van der Waals surface area contributed by atoms with Gasteiger partial charge in [0.15, 0.2) is 0 Å². The Morgan fingerprint density at radius 1 is 1.28 bits per heavy atom. The van der Waals surface area contributed by atoms with E-state index in [1.807, 2.05) is 19.0 Å². The third-order valence-corrected chi connectivity index (χ3v) is 3.81. The Morgan fingerprint density at radius 3 is 2.67 bits per heavy atom. The topological polar surface area (TPSA) is 83.2 Å². The van der Waals surface area contributed by atoms with E-state index in [0.717, 1.165) is 18.4 Å². The third-order valence-electron chi connectivity index (χ3n) is 3.81. The number of fused-ring (bicyclic) bond motifs is 2. The molecular formula is C11H19N7. The molecule has 3 rings (SSSR count). The quantitative estimate of drug-likeness (QED) is 0.585. The predicted octanol–water partition coefficient (Wildman–Crippen LogP) is 0.212. The smallest absolute Gasteiger partial charge is 0.243 e. The molecule has 2 aliphatic rings. The molecule has 2 heterocycles. The molecule has 7 heteroatoms. The maximum atomic E-state index is 5.42. The number of nitrogens with one attached hydrogen (secondary N) is 1. The van der Waals surface area contributed by atoms with Crippen LogP contribution in [0, 0.1) is 5.92 Å². The van der Waals surface area contributed by atoms with Crippen LogP contribution in [0.2, 0.25) is 0 Å². The van der Waals surface area contributed by atoms with Crippen LogP contribution in [-0.2, 0) is 0 Å². The van der Waals surface area contributed by atoms with E-state index >= 15 is 0 Å². The van der Waals surface area contributed by atoms with Crippen molar-refractivity contribution < 1.29 is 0 Å². The van der Waals surface area contributed by atoms with Crippen molar-refractivity contribution in [2.75, 3.05) is 35.9 Å². The molecule has 1 aliphatic heterocycles. The van der Waals surface area contributed by atoms with Gasteiger partial charge in [-0.1, -0.05) is 0 Å². The summed E-state index contributed by atoms with van der Waals surface area (Å²) in [7, 11) is 3.82. The normalized spacial score (nSPS) is 25.6. The number of anilines is 3. The zero-order valence-corrected chi connectivity index (χ0v) is 10.8. The van der Waals surface area contributed by atoms with Gasteiger partial charge in [-0.2, -0.15) is 15.0 Å². The molecule has 2 bridgehead atoms. The van der Waals surface area contributed by atoms with Gasteiger partial charge in [0.25, 0.3) is 0 Å². The number of aromatic nitrogens is 3. The fourth-order valence-corrected chi connectivity index (χ4v) is 2.92. The molecule has 1 aromatic heterocycles. The van der Waals surface area contributed by atoms with Crippen LogP contribution in [0.3, 0.4) is 0 Å². The van der Waals surface area contributed by atoms with Crippen molar-refractivity contribution in [2.45, 2.75) is 25.3 Å². The van der Waals surface area contributed by atoms with E-state index in [2.05, 4.69) is 25.3 Å². The second-order valence-corrected chi connectivity index (χ2v) is 5.28. The maximum absolute atomic E-state index is 5.42. The van der Waals surface area contributed by atoms with Crippen molar-refractivity contribution in [3.05, 3.63) is 0 Å². The number of piperidine rings is 1. The van der Waals surface area contributed by atoms with Crippen molar-refractivity contribution in [3.63, 3.8) is 0 Å². The first-order chi connectivity index (χ1) is 8.67. The Bertz CT molecular complexity index is 447. The average Bonchev–Trinajstić information content (AvgIpc) is 3.00. The van der Waals surface area contributed by atoms with Gasteiger partial charge in [-0.05, 0) is 25.2 Å². The summed E-state index contributed by atoms with van der Waals surface area (Å²) >= 11 is 0. The predicted molar refractivity (Wildman–Crippen MR) is 70.4 cm³/mol. The largest absolute Gasteiger partial charge is 0.347 e. The van der Waals surface area contributed by atoms with Gasteiger partial charge in [0.2, 0.25) is 17.8 Å². The van der Waals surface area contributed by atoms with Crippen molar-refractivity contribution in [1.82, 2.24) is 15.0 Å². The van der Waals surface area contributed by atoms with Gasteiger partial charge >= 0.3 is 0 Å². The molecule has 98 valence electrons. The Labute approximate surface area is 106 Å².